The molecule has 4 heteroatoms. The minimum atomic E-state index is -0.741. The maximum Gasteiger partial charge on any atom is 0.195 e. The van der Waals surface area contributed by atoms with Gasteiger partial charge in [-0.05, 0) is 51.6 Å². The third kappa shape index (κ3) is 2.23. The molecule has 0 unspecified atom stereocenters. The highest BCUT2D eigenvalue weighted by Gasteiger charge is 2.32. The minimum Gasteiger partial charge on any atom is -0.289 e. The van der Waals surface area contributed by atoms with Crippen molar-refractivity contribution in [2.75, 3.05) is 0 Å². The molecule has 0 saturated carbocycles. The van der Waals surface area contributed by atoms with Gasteiger partial charge in [0.05, 0.1) is 0 Å². The predicted octanol–water partition coefficient (Wildman–Crippen LogP) is 3.43. The second-order valence-corrected chi connectivity index (χ2v) is 6.16. The van der Waals surface area contributed by atoms with Crippen molar-refractivity contribution < 1.29 is 18.4 Å². The van der Waals surface area contributed by atoms with Crippen molar-refractivity contribution in [2.45, 2.75) is 0 Å². The van der Waals surface area contributed by atoms with Crippen LogP contribution < -0.4 is 10.4 Å². The monoisotopic (exact) mass is 346 g/mol. The first kappa shape index (κ1) is 16.1. The molecule has 0 aromatic heterocycles. The lowest BCUT2D eigenvalue weighted by molar-refractivity contribution is 0.0979. The topological polar surface area (TPSA) is 34.1 Å². The number of hydrogen-bond donors (Lipinski definition) is 0. The Morgan fingerprint density at radius 1 is 0.923 bits per heavy atom. The molecule has 0 amide bonds. The zero-order valence-electron chi connectivity index (χ0n) is 13.6. The predicted molar refractivity (Wildman–Crippen MR) is 96.7 cm³/mol. The maximum absolute atomic E-state index is 13.7. The molecule has 0 aliphatic heterocycles. The summed E-state index contributed by atoms with van der Waals surface area (Å²) in [6.07, 6.45) is 1.10. The lowest BCUT2D eigenvalue weighted by Gasteiger charge is -2.20. The van der Waals surface area contributed by atoms with Crippen LogP contribution in [0.25, 0.3) is 23.4 Å². The van der Waals surface area contributed by atoms with E-state index in [0.29, 0.717) is 16.0 Å². The molecule has 0 spiro atoms. The molecule has 3 aromatic rings. The standard InChI is InChI=1S/C22H12F2O2/c1-11-3-7-15-19(17(11)9-12(2)23)21(25)16-8-5-13-4-6-14(24)10-18(13)20(16)22(15)26/h3-10H,1-2H2/b17-9+. The molecule has 2 nitrogen and oxygen atoms in total. The van der Waals surface area contributed by atoms with Crippen molar-refractivity contribution >= 4 is 35.0 Å². The van der Waals surface area contributed by atoms with E-state index >= 15 is 0 Å². The van der Waals surface area contributed by atoms with Gasteiger partial charge in [0, 0.05) is 22.3 Å². The SMILES string of the molecule is C=C(F)/C=c1/c2c(ccc1=C)C(=O)c1c(ccc3ccc(F)cc13)C2=O. The van der Waals surface area contributed by atoms with Crippen LogP contribution in [0, 0.1) is 5.82 Å². The Bertz CT molecular complexity index is 1270. The molecule has 1 aliphatic carbocycles. The van der Waals surface area contributed by atoms with E-state index in [1.54, 1.807) is 24.3 Å². The van der Waals surface area contributed by atoms with Gasteiger partial charge in [0.25, 0.3) is 0 Å². The Labute approximate surface area is 147 Å². The van der Waals surface area contributed by atoms with Crippen LogP contribution in [0.3, 0.4) is 0 Å². The molecule has 126 valence electrons. The summed E-state index contributed by atoms with van der Waals surface area (Å²) >= 11 is 0. The van der Waals surface area contributed by atoms with E-state index in [4.69, 9.17) is 0 Å². The van der Waals surface area contributed by atoms with Gasteiger partial charge in [-0.1, -0.05) is 31.4 Å². The van der Waals surface area contributed by atoms with Gasteiger partial charge in [-0.15, -0.1) is 0 Å². The van der Waals surface area contributed by atoms with Crippen LogP contribution in [0.5, 0.6) is 0 Å². The van der Waals surface area contributed by atoms with Crippen LogP contribution in [-0.4, -0.2) is 11.6 Å². The summed E-state index contributed by atoms with van der Waals surface area (Å²) in [6.45, 7) is 7.00. The second-order valence-electron chi connectivity index (χ2n) is 6.16. The Kier molecular flexibility index (Phi) is 3.44. The van der Waals surface area contributed by atoms with Crippen molar-refractivity contribution in [3.63, 3.8) is 0 Å². The molecular formula is C22H12F2O2. The molecule has 0 atom stereocenters. The first-order valence-electron chi connectivity index (χ1n) is 7.88. The van der Waals surface area contributed by atoms with Gasteiger partial charge in [-0.25, -0.2) is 8.78 Å². The molecule has 0 radical (unpaired) electrons. The van der Waals surface area contributed by atoms with Crippen LogP contribution in [0.15, 0.2) is 54.9 Å². The van der Waals surface area contributed by atoms with Crippen LogP contribution in [0.2, 0.25) is 0 Å². The number of carbonyl (C=O) groups is 2. The third-order valence-electron chi connectivity index (χ3n) is 4.56. The summed E-state index contributed by atoms with van der Waals surface area (Å²) in [6, 6.07) is 10.4. The highest BCUT2D eigenvalue weighted by Crippen LogP contribution is 2.31. The molecule has 26 heavy (non-hydrogen) atoms. The van der Waals surface area contributed by atoms with Gasteiger partial charge in [-0.2, -0.15) is 0 Å². The Balaban J connectivity index is 2.14. The van der Waals surface area contributed by atoms with Gasteiger partial charge in [0.2, 0.25) is 0 Å². The molecular weight excluding hydrogens is 334 g/mol. The first-order chi connectivity index (χ1) is 12.4. The largest absolute Gasteiger partial charge is 0.289 e. The van der Waals surface area contributed by atoms with E-state index in [0.717, 1.165) is 6.08 Å². The summed E-state index contributed by atoms with van der Waals surface area (Å²) in [7, 11) is 0. The molecule has 0 bridgehead atoms. The number of halogens is 2. The van der Waals surface area contributed by atoms with Crippen LogP contribution in [0.1, 0.15) is 31.8 Å². The van der Waals surface area contributed by atoms with Crippen molar-refractivity contribution in [1.29, 1.82) is 0 Å². The van der Waals surface area contributed by atoms with Gasteiger partial charge in [0.15, 0.2) is 11.6 Å². The van der Waals surface area contributed by atoms with E-state index in [1.807, 2.05) is 0 Å². The number of rotatable bonds is 1. The van der Waals surface area contributed by atoms with Crippen LogP contribution in [-0.2, 0) is 0 Å². The summed E-state index contributed by atoms with van der Waals surface area (Å²) in [4.78, 5) is 26.2. The summed E-state index contributed by atoms with van der Waals surface area (Å²) < 4.78 is 27.1. The quantitative estimate of drug-likeness (QED) is 0.529. The Morgan fingerprint density at radius 3 is 2.27 bits per heavy atom. The van der Waals surface area contributed by atoms with Crippen molar-refractivity contribution in [3.8, 4) is 0 Å². The van der Waals surface area contributed by atoms with Gasteiger partial charge in [0.1, 0.15) is 11.6 Å². The number of fused-ring (bicyclic) bond motifs is 4. The maximum atomic E-state index is 13.7. The molecule has 4 rings (SSSR count). The van der Waals surface area contributed by atoms with Gasteiger partial charge >= 0.3 is 0 Å². The highest BCUT2D eigenvalue weighted by atomic mass is 19.1. The molecule has 3 aromatic carbocycles. The van der Waals surface area contributed by atoms with Gasteiger partial charge in [-0.3, -0.25) is 9.59 Å². The molecule has 1 aliphatic rings. The number of benzene rings is 3. The summed E-state index contributed by atoms with van der Waals surface area (Å²) in [5.74, 6) is -2.05. The highest BCUT2D eigenvalue weighted by molar-refractivity contribution is 6.32. The Morgan fingerprint density at radius 2 is 1.54 bits per heavy atom. The summed E-state index contributed by atoms with van der Waals surface area (Å²) in [5, 5.41) is 1.69. The average Bonchev–Trinajstić information content (AvgIpc) is 2.60. The fourth-order valence-electron chi connectivity index (χ4n) is 3.41. The van der Waals surface area contributed by atoms with Crippen molar-refractivity contribution in [3.05, 3.63) is 93.4 Å². The van der Waals surface area contributed by atoms with E-state index in [2.05, 4.69) is 13.2 Å². The molecule has 0 N–H and O–H groups in total. The molecule has 0 saturated heterocycles. The Hall–Kier alpha value is -3.40. The fraction of sp³-hybridized carbons (Fsp3) is 0. The number of ketones is 2. The zero-order chi connectivity index (χ0) is 18.6. The van der Waals surface area contributed by atoms with E-state index in [1.165, 1.54) is 18.2 Å². The van der Waals surface area contributed by atoms with Crippen molar-refractivity contribution in [2.24, 2.45) is 0 Å². The van der Waals surface area contributed by atoms with Crippen molar-refractivity contribution in [1.82, 2.24) is 0 Å². The average molecular weight is 346 g/mol. The molecule has 0 fully saturated rings. The van der Waals surface area contributed by atoms with Gasteiger partial charge < -0.3 is 0 Å². The third-order valence-corrected chi connectivity index (χ3v) is 4.56. The van der Waals surface area contributed by atoms with Crippen LogP contribution in [0.4, 0.5) is 8.78 Å². The first-order valence-corrected chi connectivity index (χ1v) is 7.88. The minimum absolute atomic E-state index is 0.101. The number of allylic oxidation sites excluding steroid dienone is 1. The van der Waals surface area contributed by atoms with Crippen LogP contribution >= 0.6 is 0 Å². The molecule has 0 heterocycles. The zero-order valence-corrected chi connectivity index (χ0v) is 13.6. The summed E-state index contributed by atoms with van der Waals surface area (Å²) in [5.41, 5.74) is 0.593. The smallest absolute Gasteiger partial charge is 0.195 e. The lowest BCUT2D eigenvalue weighted by atomic mass is 9.80. The number of carbonyl (C=O) groups excluding carboxylic acids is 2. The lowest BCUT2D eigenvalue weighted by Crippen LogP contribution is -2.36. The second kappa shape index (κ2) is 5.56. The van der Waals surface area contributed by atoms with E-state index < -0.39 is 23.2 Å². The fourth-order valence-corrected chi connectivity index (χ4v) is 3.41. The van der Waals surface area contributed by atoms with E-state index in [9.17, 15) is 18.4 Å². The normalized spacial score (nSPS) is 13.7. The number of hydrogen-bond acceptors (Lipinski definition) is 2. The van der Waals surface area contributed by atoms with E-state index in [-0.39, 0.29) is 27.5 Å².